The highest BCUT2D eigenvalue weighted by molar-refractivity contribution is 7.89. The molecule has 0 saturated carbocycles. The molecule has 8 nitrogen and oxygen atoms in total. The number of sulfonamides is 1. The number of carbonyl (C=O) groups excluding carboxylic acids is 2. The summed E-state index contributed by atoms with van der Waals surface area (Å²) >= 11 is 0. The lowest BCUT2D eigenvalue weighted by molar-refractivity contribution is -0.119. The van der Waals surface area contributed by atoms with Gasteiger partial charge in [-0.25, -0.2) is 13.2 Å². The number of anilines is 1. The highest BCUT2D eigenvalue weighted by atomic mass is 32.2. The van der Waals surface area contributed by atoms with Crippen molar-refractivity contribution in [1.82, 2.24) is 4.31 Å². The fraction of sp³-hybridized carbons (Fsp3) is 0.333. The minimum absolute atomic E-state index is 0.144. The molecule has 0 saturated heterocycles. The van der Waals surface area contributed by atoms with E-state index in [1.54, 1.807) is 20.8 Å². The van der Waals surface area contributed by atoms with Crippen molar-refractivity contribution in [2.75, 3.05) is 25.0 Å². The molecule has 0 spiro atoms. The van der Waals surface area contributed by atoms with Gasteiger partial charge in [-0.05, 0) is 37.3 Å². The van der Waals surface area contributed by atoms with E-state index in [0.29, 0.717) is 24.5 Å². The van der Waals surface area contributed by atoms with E-state index < -0.39 is 28.5 Å². The van der Waals surface area contributed by atoms with Crippen molar-refractivity contribution in [2.45, 2.75) is 25.7 Å². The van der Waals surface area contributed by atoms with E-state index in [0.717, 1.165) is 0 Å². The molecule has 1 heterocycles. The van der Waals surface area contributed by atoms with Crippen molar-refractivity contribution in [2.24, 2.45) is 0 Å². The number of rotatable bonds is 8. The van der Waals surface area contributed by atoms with E-state index in [1.807, 2.05) is 0 Å². The van der Waals surface area contributed by atoms with Gasteiger partial charge in [0.2, 0.25) is 10.0 Å². The Morgan fingerprint density at radius 2 is 1.74 bits per heavy atom. The van der Waals surface area contributed by atoms with Crippen LogP contribution in [0.3, 0.4) is 0 Å². The maximum absolute atomic E-state index is 12.4. The third-order valence-corrected chi connectivity index (χ3v) is 5.96. The summed E-state index contributed by atoms with van der Waals surface area (Å²) in [4.78, 5) is 23.9. The van der Waals surface area contributed by atoms with Gasteiger partial charge in [0.05, 0.1) is 11.2 Å². The van der Waals surface area contributed by atoms with E-state index in [9.17, 15) is 18.0 Å². The van der Waals surface area contributed by atoms with Crippen molar-refractivity contribution >= 4 is 27.6 Å². The largest absolute Gasteiger partial charge is 0.469 e. The molecule has 1 aromatic heterocycles. The SMILES string of the molecule is CCN(CC)S(=O)(=O)c1ccc(NC(=O)COC(=O)c2ccoc2C)cc1. The molecule has 0 aliphatic carbocycles. The Balaban J connectivity index is 1.95. The number of hydrogen-bond donors (Lipinski definition) is 1. The summed E-state index contributed by atoms with van der Waals surface area (Å²) in [5, 5.41) is 2.55. The molecule has 146 valence electrons. The summed E-state index contributed by atoms with van der Waals surface area (Å²) in [6.45, 7) is 5.43. The Morgan fingerprint density at radius 1 is 1.11 bits per heavy atom. The van der Waals surface area contributed by atoms with Crippen LogP contribution in [-0.4, -0.2) is 44.3 Å². The molecule has 1 N–H and O–H groups in total. The van der Waals surface area contributed by atoms with Crippen LogP contribution in [-0.2, 0) is 19.6 Å². The van der Waals surface area contributed by atoms with Gasteiger partial charge in [0.1, 0.15) is 11.3 Å². The van der Waals surface area contributed by atoms with Gasteiger partial charge in [0, 0.05) is 18.8 Å². The topological polar surface area (TPSA) is 106 Å². The van der Waals surface area contributed by atoms with Gasteiger partial charge in [0.25, 0.3) is 5.91 Å². The number of esters is 1. The van der Waals surface area contributed by atoms with Crippen LogP contribution in [0.15, 0.2) is 45.9 Å². The summed E-state index contributed by atoms with van der Waals surface area (Å²) in [6, 6.07) is 7.27. The molecule has 0 aliphatic heterocycles. The molecular formula is C18H22N2O6S. The van der Waals surface area contributed by atoms with Crippen LogP contribution >= 0.6 is 0 Å². The normalized spacial score (nSPS) is 11.4. The molecule has 27 heavy (non-hydrogen) atoms. The van der Waals surface area contributed by atoms with E-state index in [-0.39, 0.29) is 10.5 Å². The lowest BCUT2D eigenvalue weighted by atomic mass is 10.3. The third kappa shape index (κ3) is 4.95. The van der Waals surface area contributed by atoms with Crippen LogP contribution in [0.5, 0.6) is 0 Å². The Kier molecular flexibility index (Phi) is 6.75. The van der Waals surface area contributed by atoms with Crippen molar-refractivity contribution in [3.05, 3.63) is 47.9 Å². The molecule has 0 atom stereocenters. The van der Waals surface area contributed by atoms with Gasteiger partial charge in [-0.15, -0.1) is 0 Å². The smallest absolute Gasteiger partial charge is 0.342 e. The number of carbonyl (C=O) groups is 2. The van der Waals surface area contributed by atoms with Gasteiger partial charge < -0.3 is 14.5 Å². The van der Waals surface area contributed by atoms with Crippen LogP contribution in [0.25, 0.3) is 0 Å². The lowest BCUT2D eigenvalue weighted by Crippen LogP contribution is -2.30. The Hall–Kier alpha value is -2.65. The van der Waals surface area contributed by atoms with E-state index in [2.05, 4.69) is 5.32 Å². The Bertz CT molecular complexity index is 898. The summed E-state index contributed by atoms with van der Waals surface area (Å²) in [7, 11) is -3.55. The highest BCUT2D eigenvalue weighted by Gasteiger charge is 2.21. The predicted octanol–water partition coefficient (Wildman–Crippen LogP) is 2.41. The molecule has 1 amide bonds. The zero-order chi connectivity index (χ0) is 20.0. The average Bonchev–Trinajstić information content (AvgIpc) is 3.07. The number of furan rings is 1. The van der Waals surface area contributed by atoms with Crippen molar-refractivity contribution in [3.63, 3.8) is 0 Å². The minimum atomic E-state index is -3.55. The molecule has 0 radical (unpaired) electrons. The molecule has 0 aliphatic rings. The molecule has 1 aromatic carbocycles. The summed E-state index contributed by atoms with van der Waals surface area (Å²) < 4.78 is 36.1. The van der Waals surface area contributed by atoms with Crippen LogP contribution < -0.4 is 5.32 Å². The molecule has 9 heteroatoms. The lowest BCUT2D eigenvalue weighted by Gasteiger charge is -2.18. The zero-order valence-corrected chi connectivity index (χ0v) is 16.2. The van der Waals surface area contributed by atoms with Gasteiger partial charge in [0.15, 0.2) is 6.61 Å². The van der Waals surface area contributed by atoms with Crippen LogP contribution in [0.1, 0.15) is 30.0 Å². The second kappa shape index (κ2) is 8.83. The number of hydrogen-bond acceptors (Lipinski definition) is 6. The maximum atomic E-state index is 12.4. The first kappa shape index (κ1) is 20.7. The fourth-order valence-electron chi connectivity index (χ4n) is 2.43. The molecule has 2 aromatic rings. The summed E-state index contributed by atoms with van der Waals surface area (Å²) in [5.41, 5.74) is 0.655. The number of nitrogens with one attached hydrogen (secondary N) is 1. The van der Waals surface area contributed by atoms with Crippen molar-refractivity contribution in [1.29, 1.82) is 0 Å². The predicted molar refractivity (Wildman–Crippen MR) is 98.9 cm³/mol. The first-order valence-electron chi connectivity index (χ1n) is 8.40. The number of ether oxygens (including phenoxy) is 1. The fourth-order valence-corrected chi connectivity index (χ4v) is 3.88. The number of nitrogens with zero attached hydrogens (tertiary/aromatic N) is 1. The second-order valence-electron chi connectivity index (χ2n) is 5.63. The molecular weight excluding hydrogens is 372 g/mol. The molecule has 0 bridgehead atoms. The summed E-state index contributed by atoms with van der Waals surface area (Å²) in [5.74, 6) is -0.786. The van der Waals surface area contributed by atoms with Crippen LogP contribution in [0, 0.1) is 6.92 Å². The standard InChI is InChI=1S/C18H22N2O6S/c1-4-20(5-2)27(23,24)15-8-6-14(7-9-15)19-17(21)12-26-18(22)16-10-11-25-13(16)3/h6-11H,4-5,12H2,1-3H3,(H,19,21). The van der Waals surface area contributed by atoms with Crippen LogP contribution in [0.2, 0.25) is 0 Å². The van der Waals surface area contributed by atoms with Crippen molar-refractivity contribution in [3.8, 4) is 0 Å². The van der Waals surface area contributed by atoms with Crippen LogP contribution in [0.4, 0.5) is 5.69 Å². The van der Waals surface area contributed by atoms with Gasteiger partial charge in [-0.3, -0.25) is 4.79 Å². The Labute approximate surface area is 158 Å². The van der Waals surface area contributed by atoms with Crippen molar-refractivity contribution < 1.29 is 27.2 Å². The zero-order valence-electron chi connectivity index (χ0n) is 15.4. The molecule has 0 fully saturated rings. The van der Waals surface area contributed by atoms with E-state index in [4.69, 9.17) is 9.15 Å². The Morgan fingerprint density at radius 3 is 2.26 bits per heavy atom. The molecule has 0 unspecified atom stereocenters. The second-order valence-corrected chi connectivity index (χ2v) is 7.57. The third-order valence-electron chi connectivity index (χ3n) is 3.89. The monoisotopic (exact) mass is 394 g/mol. The maximum Gasteiger partial charge on any atom is 0.342 e. The minimum Gasteiger partial charge on any atom is -0.469 e. The first-order chi connectivity index (χ1) is 12.8. The number of benzene rings is 1. The van der Waals surface area contributed by atoms with E-state index >= 15 is 0 Å². The summed E-state index contributed by atoms with van der Waals surface area (Å²) in [6.07, 6.45) is 1.36. The first-order valence-corrected chi connectivity index (χ1v) is 9.84. The molecule has 2 rings (SSSR count). The van der Waals surface area contributed by atoms with E-state index in [1.165, 1.54) is 40.9 Å². The number of aryl methyl sites for hydroxylation is 1. The van der Waals surface area contributed by atoms with Gasteiger partial charge in [-0.1, -0.05) is 13.8 Å². The highest BCUT2D eigenvalue weighted by Crippen LogP contribution is 2.18. The quantitative estimate of drug-likeness (QED) is 0.689. The van der Waals surface area contributed by atoms with Gasteiger partial charge in [-0.2, -0.15) is 4.31 Å². The average molecular weight is 394 g/mol. The van der Waals surface area contributed by atoms with Gasteiger partial charge >= 0.3 is 5.97 Å². The number of amides is 1.